The summed E-state index contributed by atoms with van der Waals surface area (Å²) in [5.74, 6) is 7.45. The average Bonchev–Trinajstić information content (AvgIpc) is 2.28. The number of benzene rings is 1. The Hall–Kier alpha value is -1.22. The zero-order valence-electron chi connectivity index (χ0n) is 11.1. The fraction of sp³-hybridized carbons (Fsp3) is 0.500. The molecule has 0 saturated heterocycles. The molecule has 0 spiro atoms. The minimum absolute atomic E-state index is 0.431. The Labute approximate surface area is 100 Å². The maximum Gasteiger partial charge on any atom is 0.0240 e. The maximum atomic E-state index is 3.33. The molecule has 1 aromatic carbocycles. The lowest BCUT2D eigenvalue weighted by Gasteiger charge is -2.19. The van der Waals surface area contributed by atoms with Gasteiger partial charge in [0.1, 0.15) is 0 Å². The van der Waals surface area contributed by atoms with Crippen molar-refractivity contribution in [1.29, 1.82) is 0 Å². The van der Waals surface area contributed by atoms with Gasteiger partial charge in [-0.05, 0) is 36.5 Å². The predicted molar refractivity (Wildman–Crippen MR) is 71.6 cm³/mol. The number of hydrogen-bond donors (Lipinski definition) is 0. The largest absolute Gasteiger partial charge is 0.103 e. The van der Waals surface area contributed by atoms with E-state index in [-0.39, 0.29) is 0 Å². The van der Waals surface area contributed by atoms with Gasteiger partial charge in [0.05, 0.1) is 0 Å². The Morgan fingerprint density at radius 2 is 1.88 bits per heavy atom. The van der Waals surface area contributed by atoms with Gasteiger partial charge in [0.2, 0.25) is 0 Å². The van der Waals surface area contributed by atoms with Gasteiger partial charge in [0, 0.05) is 12.3 Å². The molecule has 0 radical (unpaired) electrons. The van der Waals surface area contributed by atoms with Crippen LogP contribution in [0, 0.1) is 31.6 Å². The van der Waals surface area contributed by atoms with E-state index >= 15 is 0 Å². The number of hydrogen-bond acceptors (Lipinski definition) is 0. The Kier molecular flexibility index (Phi) is 4.62. The van der Waals surface area contributed by atoms with Crippen LogP contribution in [0.2, 0.25) is 0 Å². The molecule has 0 aliphatic carbocycles. The molecule has 86 valence electrons. The third kappa shape index (κ3) is 2.89. The first-order chi connectivity index (χ1) is 7.57. The van der Waals surface area contributed by atoms with E-state index in [0.29, 0.717) is 11.8 Å². The highest BCUT2D eigenvalue weighted by atomic mass is 14.2. The molecule has 2 atom stereocenters. The van der Waals surface area contributed by atoms with E-state index < -0.39 is 0 Å². The monoisotopic (exact) mass is 214 g/mol. The molecule has 0 aliphatic heterocycles. The zero-order chi connectivity index (χ0) is 12.1. The number of rotatable bonds is 2. The van der Waals surface area contributed by atoms with Crippen LogP contribution in [0.3, 0.4) is 0 Å². The lowest BCUT2D eigenvalue weighted by molar-refractivity contribution is 0.606. The summed E-state index contributed by atoms with van der Waals surface area (Å²) in [7, 11) is 0. The summed E-state index contributed by atoms with van der Waals surface area (Å²) in [6, 6.07) is 6.55. The SMILES string of the molecule is CCC#CC(C)C(C)c1cccc(C)c1C. The van der Waals surface area contributed by atoms with Crippen molar-refractivity contribution in [3.63, 3.8) is 0 Å². The Morgan fingerprint density at radius 1 is 1.19 bits per heavy atom. The first-order valence-electron chi connectivity index (χ1n) is 6.12. The summed E-state index contributed by atoms with van der Waals surface area (Å²) in [6.45, 7) is 11.0. The second-order valence-corrected chi connectivity index (χ2v) is 4.54. The average molecular weight is 214 g/mol. The van der Waals surface area contributed by atoms with E-state index in [0.717, 1.165) is 6.42 Å². The van der Waals surface area contributed by atoms with Crippen LogP contribution in [0.25, 0.3) is 0 Å². The molecule has 0 heterocycles. The molecule has 0 aromatic heterocycles. The smallest absolute Gasteiger partial charge is 0.0240 e. The van der Waals surface area contributed by atoms with Crippen molar-refractivity contribution >= 4 is 0 Å². The molecule has 0 amide bonds. The van der Waals surface area contributed by atoms with Gasteiger partial charge in [0.25, 0.3) is 0 Å². The zero-order valence-corrected chi connectivity index (χ0v) is 11.1. The summed E-state index contributed by atoms with van der Waals surface area (Å²) >= 11 is 0. The summed E-state index contributed by atoms with van der Waals surface area (Å²) in [5.41, 5.74) is 4.23. The van der Waals surface area contributed by atoms with E-state index in [1.165, 1.54) is 16.7 Å². The molecule has 16 heavy (non-hydrogen) atoms. The molecule has 0 aliphatic rings. The fourth-order valence-electron chi connectivity index (χ4n) is 1.92. The van der Waals surface area contributed by atoms with Crippen LogP contribution in [0.15, 0.2) is 18.2 Å². The molecular weight excluding hydrogens is 192 g/mol. The van der Waals surface area contributed by atoms with E-state index in [1.54, 1.807) is 0 Å². The minimum atomic E-state index is 0.431. The van der Waals surface area contributed by atoms with E-state index in [1.807, 2.05) is 0 Å². The van der Waals surface area contributed by atoms with E-state index in [9.17, 15) is 0 Å². The normalized spacial score (nSPS) is 13.8. The molecule has 2 unspecified atom stereocenters. The highest BCUT2D eigenvalue weighted by Crippen LogP contribution is 2.27. The van der Waals surface area contributed by atoms with Crippen LogP contribution in [-0.4, -0.2) is 0 Å². The minimum Gasteiger partial charge on any atom is -0.103 e. The Bertz CT molecular complexity index is 404. The van der Waals surface area contributed by atoms with Gasteiger partial charge in [0.15, 0.2) is 0 Å². The lowest BCUT2D eigenvalue weighted by Crippen LogP contribution is -2.06. The predicted octanol–water partition coefficient (Wildman–Crippen LogP) is 4.46. The molecule has 0 heteroatoms. The van der Waals surface area contributed by atoms with Crippen LogP contribution < -0.4 is 0 Å². The fourth-order valence-corrected chi connectivity index (χ4v) is 1.92. The van der Waals surface area contributed by atoms with Crippen molar-refractivity contribution in [2.75, 3.05) is 0 Å². The summed E-state index contributed by atoms with van der Waals surface area (Å²) in [4.78, 5) is 0. The molecule has 0 N–H and O–H groups in total. The van der Waals surface area contributed by atoms with Crippen molar-refractivity contribution in [1.82, 2.24) is 0 Å². The van der Waals surface area contributed by atoms with Crippen molar-refractivity contribution in [2.24, 2.45) is 5.92 Å². The van der Waals surface area contributed by atoms with Gasteiger partial charge >= 0.3 is 0 Å². The Morgan fingerprint density at radius 3 is 2.50 bits per heavy atom. The van der Waals surface area contributed by atoms with Gasteiger partial charge in [-0.25, -0.2) is 0 Å². The van der Waals surface area contributed by atoms with Crippen LogP contribution in [-0.2, 0) is 0 Å². The molecule has 0 nitrogen and oxygen atoms in total. The van der Waals surface area contributed by atoms with E-state index in [2.05, 4.69) is 64.7 Å². The molecule has 1 rings (SSSR count). The van der Waals surface area contributed by atoms with Crippen LogP contribution in [0.4, 0.5) is 0 Å². The molecule has 0 fully saturated rings. The number of aryl methyl sites for hydroxylation is 1. The molecular formula is C16H22. The van der Waals surface area contributed by atoms with Crippen molar-refractivity contribution in [3.8, 4) is 11.8 Å². The van der Waals surface area contributed by atoms with Gasteiger partial charge < -0.3 is 0 Å². The van der Waals surface area contributed by atoms with Crippen LogP contribution in [0.1, 0.15) is 49.8 Å². The van der Waals surface area contributed by atoms with Crippen LogP contribution >= 0.6 is 0 Å². The summed E-state index contributed by atoms with van der Waals surface area (Å²) in [5, 5.41) is 0. The van der Waals surface area contributed by atoms with Crippen LogP contribution in [0.5, 0.6) is 0 Å². The highest BCUT2D eigenvalue weighted by molar-refractivity contribution is 5.36. The Balaban J connectivity index is 2.96. The molecule has 0 saturated carbocycles. The van der Waals surface area contributed by atoms with Crippen molar-refractivity contribution < 1.29 is 0 Å². The lowest BCUT2D eigenvalue weighted by atomic mass is 9.85. The van der Waals surface area contributed by atoms with Gasteiger partial charge in [-0.1, -0.05) is 44.9 Å². The first-order valence-corrected chi connectivity index (χ1v) is 6.12. The molecule has 1 aromatic rings. The maximum absolute atomic E-state index is 3.33. The second-order valence-electron chi connectivity index (χ2n) is 4.54. The van der Waals surface area contributed by atoms with E-state index in [4.69, 9.17) is 0 Å². The standard InChI is InChI=1S/C16H22/c1-6-7-9-12(2)14(4)16-11-8-10-13(3)15(16)5/h8,10-12,14H,6H2,1-5H3. The van der Waals surface area contributed by atoms with Crippen molar-refractivity contribution in [3.05, 3.63) is 34.9 Å². The third-order valence-corrected chi connectivity index (χ3v) is 3.39. The van der Waals surface area contributed by atoms with Gasteiger partial charge in [-0.2, -0.15) is 0 Å². The second kappa shape index (κ2) is 5.75. The van der Waals surface area contributed by atoms with Gasteiger partial charge in [-0.15, -0.1) is 5.92 Å². The topological polar surface area (TPSA) is 0 Å². The molecule has 0 bridgehead atoms. The van der Waals surface area contributed by atoms with Gasteiger partial charge in [-0.3, -0.25) is 0 Å². The quantitative estimate of drug-likeness (QED) is 0.638. The first kappa shape index (κ1) is 12.8. The summed E-state index contributed by atoms with van der Waals surface area (Å²) < 4.78 is 0. The van der Waals surface area contributed by atoms with Crippen molar-refractivity contribution in [2.45, 2.75) is 47.0 Å². The third-order valence-electron chi connectivity index (χ3n) is 3.39. The summed E-state index contributed by atoms with van der Waals surface area (Å²) in [6.07, 6.45) is 0.948. The highest BCUT2D eigenvalue weighted by Gasteiger charge is 2.14.